The van der Waals surface area contributed by atoms with Gasteiger partial charge in [0.2, 0.25) is 0 Å². The Hall–Kier alpha value is -0.150. The van der Waals surface area contributed by atoms with E-state index in [9.17, 15) is 0 Å². The van der Waals surface area contributed by atoms with Crippen molar-refractivity contribution in [1.82, 2.24) is 4.90 Å². The Morgan fingerprint density at radius 1 is 1.23 bits per heavy atom. The average Bonchev–Trinajstić information content (AvgIpc) is 2.02. The van der Waals surface area contributed by atoms with Crippen molar-refractivity contribution in [2.24, 2.45) is 5.73 Å². The highest BCUT2D eigenvalue weighted by Gasteiger charge is 1.98. The standard InChI is InChI=1S/C10H22N2S/c1-3-4-5-6-7-8-12(2)9-10(11)13/h3-9H2,1-2H3,(H2,11,13). The molecule has 0 aliphatic rings. The van der Waals surface area contributed by atoms with E-state index in [4.69, 9.17) is 18.0 Å². The molecule has 0 saturated heterocycles. The van der Waals surface area contributed by atoms with Gasteiger partial charge in [0.25, 0.3) is 0 Å². The average molecular weight is 202 g/mol. The smallest absolute Gasteiger partial charge is 0.0869 e. The van der Waals surface area contributed by atoms with E-state index in [1.807, 2.05) is 0 Å². The molecule has 2 nitrogen and oxygen atoms in total. The molecule has 13 heavy (non-hydrogen) atoms. The van der Waals surface area contributed by atoms with Gasteiger partial charge in [-0.1, -0.05) is 44.8 Å². The van der Waals surface area contributed by atoms with Crippen molar-refractivity contribution in [3.63, 3.8) is 0 Å². The van der Waals surface area contributed by atoms with Crippen LogP contribution >= 0.6 is 12.2 Å². The van der Waals surface area contributed by atoms with Crippen LogP contribution in [-0.2, 0) is 0 Å². The van der Waals surface area contributed by atoms with E-state index in [1.165, 1.54) is 32.1 Å². The van der Waals surface area contributed by atoms with Crippen LogP contribution in [-0.4, -0.2) is 30.0 Å². The van der Waals surface area contributed by atoms with Gasteiger partial charge in [0, 0.05) is 6.54 Å². The highest BCUT2D eigenvalue weighted by Crippen LogP contribution is 2.02. The molecule has 0 aromatic carbocycles. The maximum absolute atomic E-state index is 5.44. The van der Waals surface area contributed by atoms with Gasteiger partial charge in [-0.2, -0.15) is 0 Å². The Bertz CT molecular complexity index is 137. The Balaban J connectivity index is 3.17. The second-order valence-electron chi connectivity index (χ2n) is 3.62. The SMILES string of the molecule is CCCCCCCN(C)CC(N)=S. The lowest BCUT2D eigenvalue weighted by molar-refractivity contribution is 0.366. The fraction of sp³-hybridized carbons (Fsp3) is 0.900. The molecular formula is C10H22N2S. The lowest BCUT2D eigenvalue weighted by Crippen LogP contribution is -2.30. The molecule has 0 fully saturated rings. The van der Waals surface area contributed by atoms with Gasteiger partial charge in [0.05, 0.1) is 4.99 Å². The molecule has 0 heterocycles. The molecule has 0 aliphatic carbocycles. The van der Waals surface area contributed by atoms with Gasteiger partial charge in [-0.15, -0.1) is 0 Å². The van der Waals surface area contributed by atoms with Crippen LogP contribution in [0.5, 0.6) is 0 Å². The molecule has 0 saturated carbocycles. The molecule has 0 amide bonds. The van der Waals surface area contributed by atoms with E-state index >= 15 is 0 Å². The molecular weight excluding hydrogens is 180 g/mol. The van der Waals surface area contributed by atoms with Crippen molar-refractivity contribution in [2.75, 3.05) is 20.1 Å². The first-order chi connectivity index (χ1) is 6.16. The van der Waals surface area contributed by atoms with Crippen molar-refractivity contribution in [2.45, 2.75) is 39.0 Å². The van der Waals surface area contributed by atoms with E-state index in [0.29, 0.717) is 4.99 Å². The third-order valence-electron chi connectivity index (χ3n) is 2.07. The zero-order chi connectivity index (χ0) is 10.1. The Morgan fingerprint density at radius 2 is 1.85 bits per heavy atom. The van der Waals surface area contributed by atoms with Crippen LogP contribution in [0.3, 0.4) is 0 Å². The summed E-state index contributed by atoms with van der Waals surface area (Å²) in [5, 5.41) is 0. The van der Waals surface area contributed by atoms with Gasteiger partial charge in [0.1, 0.15) is 0 Å². The molecule has 78 valence electrons. The second-order valence-corrected chi connectivity index (χ2v) is 4.14. The Morgan fingerprint density at radius 3 is 2.38 bits per heavy atom. The molecule has 0 spiro atoms. The molecule has 2 N–H and O–H groups in total. The van der Waals surface area contributed by atoms with Crippen molar-refractivity contribution < 1.29 is 0 Å². The van der Waals surface area contributed by atoms with Crippen LogP contribution in [0.15, 0.2) is 0 Å². The minimum atomic E-state index is 0.594. The van der Waals surface area contributed by atoms with Crippen LogP contribution in [0.4, 0.5) is 0 Å². The summed E-state index contributed by atoms with van der Waals surface area (Å²) in [6.07, 6.45) is 6.62. The lowest BCUT2D eigenvalue weighted by atomic mass is 10.1. The van der Waals surface area contributed by atoms with Crippen LogP contribution in [0.1, 0.15) is 39.0 Å². The molecule has 0 radical (unpaired) electrons. The highest BCUT2D eigenvalue weighted by molar-refractivity contribution is 7.80. The number of thiocarbonyl (C=S) groups is 1. The van der Waals surface area contributed by atoms with Crippen LogP contribution in [0, 0.1) is 0 Å². The first kappa shape index (κ1) is 12.8. The monoisotopic (exact) mass is 202 g/mol. The fourth-order valence-electron chi connectivity index (χ4n) is 1.33. The molecule has 3 heteroatoms. The normalized spacial score (nSPS) is 10.7. The highest BCUT2D eigenvalue weighted by atomic mass is 32.1. The third kappa shape index (κ3) is 9.77. The molecule has 0 atom stereocenters. The number of unbranched alkanes of at least 4 members (excludes halogenated alkanes) is 4. The van der Waals surface area contributed by atoms with E-state index in [2.05, 4.69) is 18.9 Å². The predicted molar refractivity (Wildman–Crippen MR) is 63.0 cm³/mol. The Labute approximate surface area is 87.5 Å². The van der Waals surface area contributed by atoms with Crippen LogP contribution < -0.4 is 5.73 Å². The summed E-state index contributed by atoms with van der Waals surface area (Å²) in [6, 6.07) is 0. The fourth-order valence-corrected chi connectivity index (χ4v) is 1.55. The number of rotatable bonds is 8. The minimum Gasteiger partial charge on any atom is -0.392 e. The molecule has 0 rings (SSSR count). The first-order valence-corrected chi connectivity index (χ1v) is 5.54. The van der Waals surface area contributed by atoms with Crippen molar-refractivity contribution >= 4 is 17.2 Å². The summed E-state index contributed by atoms with van der Waals surface area (Å²) in [6.45, 7) is 4.10. The molecule has 0 aromatic heterocycles. The van der Waals surface area contributed by atoms with E-state index in [-0.39, 0.29) is 0 Å². The topological polar surface area (TPSA) is 29.3 Å². The molecule has 0 aliphatic heterocycles. The van der Waals surface area contributed by atoms with Crippen molar-refractivity contribution in [3.8, 4) is 0 Å². The van der Waals surface area contributed by atoms with E-state index < -0.39 is 0 Å². The zero-order valence-corrected chi connectivity index (χ0v) is 9.70. The second kappa shape index (κ2) is 8.45. The summed E-state index contributed by atoms with van der Waals surface area (Å²) in [4.78, 5) is 2.78. The van der Waals surface area contributed by atoms with Crippen LogP contribution in [0.2, 0.25) is 0 Å². The van der Waals surface area contributed by atoms with Gasteiger partial charge in [-0.05, 0) is 20.0 Å². The largest absolute Gasteiger partial charge is 0.392 e. The van der Waals surface area contributed by atoms with Crippen LogP contribution in [0.25, 0.3) is 0 Å². The summed E-state index contributed by atoms with van der Waals surface area (Å²) in [7, 11) is 2.07. The summed E-state index contributed by atoms with van der Waals surface area (Å²) in [5.74, 6) is 0. The Kier molecular flexibility index (Phi) is 8.35. The number of nitrogens with two attached hydrogens (primary N) is 1. The number of hydrogen-bond donors (Lipinski definition) is 1. The minimum absolute atomic E-state index is 0.594. The maximum atomic E-state index is 5.44. The van der Waals surface area contributed by atoms with Crippen molar-refractivity contribution in [1.29, 1.82) is 0 Å². The predicted octanol–water partition coefficient (Wildman–Crippen LogP) is 2.17. The van der Waals surface area contributed by atoms with Gasteiger partial charge in [0.15, 0.2) is 0 Å². The zero-order valence-electron chi connectivity index (χ0n) is 8.88. The number of nitrogens with zero attached hydrogens (tertiary/aromatic N) is 1. The summed E-state index contributed by atoms with van der Waals surface area (Å²) < 4.78 is 0. The van der Waals surface area contributed by atoms with Gasteiger partial charge >= 0.3 is 0 Å². The third-order valence-corrected chi connectivity index (χ3v) is 2.20. The maximum Gasteiger partial charge on any atom is 0.0869 e. The number of hydrogen-bond acceptors (Lipinski definition) is 2. The van der Waals surface area contributed by atoms with Gasteiger partial charge in [-0.3, -0.25) is 4.90 Å². The molecule has 0 aromatic rings. The summed E-state index contributed by atoms with van der Waals surface area (Å²) >= 11 is 4.83. The summed E-state index contributed by atoms with van der Waals surface area (Å²) in [5.41, 5.74) is 5.44. The van der Waals surface area contributed by atoms with E-state index in [0.717, 1.165) is 13.1 Å². The molecule has 0 bridgehead atoms. The lowest BCUT2D eigenvalue weighted by Gasteiger charge is -2.14. The van der Waals surface area contributed by atoms with Gasteiger partial charge in [-0.25, -0.2) is 0 Å². The first-order valence-electron chi connectivity index (χ1n) is 5.13. The van der Waals surface area contributed by atoms with E-state index in [1.54, 1.807) is 0 Å². The number of likely N-dealkylation sites (N-methyl/N-ethyl adjacent to an activating group) is 1. The quantitative estimate of drug-likeness (QED) is 0.483. The van der Waals surface area contributed by atoms with Gasteiger partial charge < -0.3 is 5.73 Å². The molecule has 0 unspecified atom stereocenters. The van der Waals surface area contributed by atoms with Crippen molar-refractivity contribution in [3.05, 3.63) is 0 Å².